The summed E-state index contributed by atoms with van der Waals surface area (Å²) in [7, 11) is 0. The van der Waals surface area contributed by atoms with Crippen molar-refractivity contribution >= 4 is 29.2 Å². The molecule has 5 heteroatoms. The van der Waals surface area contributed by atoms with E-state index in [0.29, 0.717) is 22.0 Å². The second-order valence-electron chi connectivity index (χ2n) is 4.98. The Labute approximate surface area is 124 Å². The van der Waals surface area contributed by atoms with Gasteiger partial charge < -0.3 is 11.1 Å². The molecular weight excluding hydrogens is 281 g/mol. The van der Waals surface area contributed by atoms with Crippen LogP contribution in [0.2, 0.25) is 10.0 Å². The predicted molar refractivity (Wildman–Crippen MR) is 81.9 cm³/mol. The lowest BCUT2D eigenvalue weighted by Crippen LogP contribution is -2.34. The second kappa shape index (κ2) is 6.49. The average Bonchev–Trinajstić information content (AvgIpc) is 2.81. The Hall–Kier alpha value is -0.930. The van der Waals surface area contributed by atoms with Gasteiger partial charge in [-0.2, -0.15) is 0 Å². The van der Waals surface area contributed by atoms with Crippen molar-refractivity contribution in [2.24, 2.45) is 10.7 Å². The molecule has 1 aliphatic carbocycles. The molecule has 1 fully saturated rings. The maximum Gasteiger partial charge on any atom is 0.189 e. The van der Waals surface area contributed by atoms with E-state index in [1.807, 2.05) is 19.1 Å². The van der Waals surface area contributed by atoms with Crippen LogP contribution < -0.4 is 11.1 Å². The van der Waals surface area contributed by atoms with Gasteiger partial charge in [0.25, 0.3) is 0 Å². The number of nitrogens with zero attached hydrogens (tertiary/aromatic N) is 1. The predicted octanol–water partition coefficient (Wildman–Crippen LogP) is 3.90. The summed E-state index contributed by atoms with van der Waals surface area (Å²) in [6, 6.07) is 5.85. The summed E-state index contributed by atoms with van der Waals surface area (Å²) < 4.78 is 0. The molecule has 3 N–H and O–H groups in total. The molecule has 0 bridgehead atoms. The van der Waals surface area contributed by atoms with E-state index in [1.54, 1.807) is 6.07 Å². The summed E-state index contributed by atoms with van der Waals surface area (Å²) in [5.74, 6) is 0.491. The molecule has 3 nitrogen and oxygen atoms in total. The first-order valence-corrected chi connectivity index (χ1v) is 7.36. The van der Waals surface area contributed by atoms with Crippen LogP contribution in [0.3, 0.4) is 0 Å². The maximum atomic E-state index is 6.17. The van der Waals surface area contributed by atoms with Gasteiger partial charge in [0.1, 0.15) is 0 Å². The first-order chi connectivity index (χ1) is 9.06. The first kappa shape index (κ1) is 14.5. The zero-order valence-electron chi connectivity index (χ0n) is 11.0. The quantitative estimate of drug-likeness (QED) is 0.657. The summed E-state index contributed by atoms with van der Waals surface area (Å²) in [4.78, 5) is 4.50. The number of nitrogens with one attached hydrogen (secondary N) is 1. The molecule has 1 aromatic carbocycles. The number of hydrogen-bond donors (Lipinski definition) is 2. The van der Waals surface area contributed by atoms with Gasteiger partial charge in [-0.25, -0.2) is 0 Å². The molecule has 19 heavy (non-hydrogen) atoms. The van der Waals surface area contributed by atoms with Crippen molar-refractivity contribution in [3.63, 3.8) is 0 Å². The minimum Gasteiger partial charge on any atom is -0.370 e. The Morgan fingerprint density at radius 1 is 1.37 bits per heavy atom. The van der Waals surface area contributed by atoms with Crippen molar-refractivity contribution in [1.29, 1.82) is 0 Å². The van der Waals surface area contributed by atoms with Gasteiger partial charge in [-0.15, -0.1) is 0 Å². The second-order valence-corrected chi connectivity index (χ2v) is 5.83. The molecule has 1 atom stereocenters. The average molecular weight is 300 g/mol. The van der Waals surface area contributed by atoms with Crippen LogP contribution in [0.5, 0.6) is 0 Å². The van der Waals surface area contributed by atoms with E-state index in [1.165, 1.54) is 12.8 Å². The minimum atomic E-state index is 0.00918. The zero-order valence-corrected chi connectivity index (χ0v) is 12.5. The summed E-state index contributed by atoms with van der Waals surface area (Å²) >= 11 is 12.1. The number of aliphatic imine (C=N–C) groups is 1. The molecule has 1 unspecified atom stereocenters. The smallest absolute Gasteiger partial charge is 0.189 e. The first-order valence-electron chi connectivity index (χ1n) is 6.61. The van der Waals surface area contributed by atoms with Crippen LogP contribution in [-0.2, 0) is 0 Å². The van der Waals surface area contributed by atoms with E-state index in [4.69, 9.17) is 28.9 Å². The van der Waals surface area contributed by atoms with Crippen LogP contribution in [-0.4, -0.2) is 12.0 Å². The van der Waals surface area contributed by atoms with Gasteiger partial charge in [0.2, 0.25) is 0 Å². The molecule has 0 aliphatic heterocycles. The van der Waals surface area contributed by atoms with Crippen molar-refractivity contribution in [2.45, 2.75) is 44.7 Å². The van der Waals surface area contributed by atoms with E-state index in [2.05, 4.69) is 10.3 Å². The van der Waals surface area contributed by atoms with Crippen molar-refractivity contribution in [3.05, 3.63) is 33.8 Å². The van der Waals surface area contributed by atoms with Crippen molar-refractivity contribution in [3.8, 4) is 0 Å². The van der Waals surface area contributed by atoms with Crippen LogP contribution in [0.15, 0.2) is 23.2 Å². The summed E-state index contributed by atoms with van der Waals surface area (Å²) in [5, 5.41) is 4.46. The van der Waals surface area contributed by atoms with Gasteiger partial charge in [0, 0.05) is 10.0 Å². The van der Waals surface area contributed by atoms with Crippen LogP contribution in [0.25, 0.3) is 0 Å². The number of nitrogens with two attached hydrogens (primary N) is 1. The SMILES string of the molecule is CC(NC(N)=NC1CCCC1)c1ccc(Cl)cc1Cl. The Morgan fingerprint density at radius 2 is 2.05 bits per heavy atom. The van der Waals surface area contributed by atoms with E-state index < -0.39 is 0 Å². The molecular formula is C14H19Cl2N3. The van der Waals surface area contributed by atoms with E-state index in [-0.39, 0.29) is 6.04 Å². The monoisotopic (exact) mass is 299 g/mol. The molecule has 0 aromatic heterocycles. The fourth-order valence-corrected chi connectivity index (χ4v) is 2.99. The van der Waals surface area contributed by atoms with Crippen molar-refractivity contribution in [1.82, 2.24) is 5.32 Å². The summed E-state index contributed by atoms with van der Waals surface area (Å²) in [6.45, 7) is 2.01. The van der Waals surface area contributed by atoms with Crippen LogP contribution in [0, 0.1) is 0 Å². The number of benzene rings is 1. The van der Waals surface area contributed by atoms with E-state index in [9.17, 15) is 0 Å². The molecule has 1 saturated carbocycles. The fourth-order valence-electron chi connectivity index (χ4n) is 2.42. The summed E-state index contributed by atoms with van der Waals surface area (Å²) in [5.41, 5.74) is 6.91. The van der Waals surface area contributed by atoms with Crippen molar-refractivity contribution in [2.75, 3.05) is 0 Å². The largest absolute Gasteiger partial charge is 0.370 e. The number of halogens is 2. The standard InChI is InChI=1S/C14H19Cl2N3/c1-9(12-7-6-10(15)8-13(12)16)18-14(17)19-11-4-2-3-5-11/h6-9,11H,2-5H2,1H3,(H3,17,18,19). The molecule has 104 valence electrons. The Kier molecular flexibility index (Phi) is 4.94. The Bertz CT molecular complexity index is 468. The molecule has 0 heterocycles. The third-order valence-electron chi connectivity index (χ3n) is 3.44. The number of hydrogen-bond acceptors (Lipinski definition) is 1. The molecule has 1 aliphatic rings. The molecule has 0 amide bonds. The third-order valence-corrected chi connectivity index (χ3v) is 4.00. The molecule has 1 aromatic rings. The topological polar surface area (TPSA) is 50.4 Å². The lowest BCUT2D eigenvalue weighted by atomic mass is 10.1. The highest BCUT2D eigenvalue weighted by Gasteiger charge is 2.15. The molecule has 0 saturated heterocycles. The Balaban J connectivity index is 2.01. The molecule has 0 radical (unpaired) electrons. The van der Waals surface area contributed by atoms with Crippen molar-refractivity contribution < 1.29 is 0 Å². The lowest BCUT2D eigenvalue weighted by molar-refractivity contribution is 0.669. The highest BCUT2D eigenvalue weighted by molar-refractivity contribution is 6.35. The fraction of sp³-hybridized carbons (Fsp3) is 0.500. The maximum absolute atomic E-state index is 6.17. The highest BCUT2D eigenvalue weighted by Crippen LogP contribution is 2.26. The van der Waals surface area contributed by atoms with Gasteiger partial charge in [-0.05, 0) is 37.5 Å². The van der Waals surface area contributed by atoms with E-state index in [0.717, 1.165) is 18.4 Å². The van der Waals surface area contributed by atoms with Gasteiger partial charge in [0.05, 0.1) is 12.1 Å². The molecule has 0 spiro atoms. The molecule has 2 rings (SSSR count). The van der Waals surface area contributed by atoms with Gasteiger partial charge in [-0.3, -0.25) is 4.99 Å². The van der Waals surface area contributed by atoms with Crippen LogP contribution in [0.4, 0.5) is 0 Å². The number of guanidine groups is 1. The third kappa shape index (κ3) is 4.02. The highest BCUT2D eigenvalue weighted by atomic mass is 35.5. The number of rotatable bonds is 3. The lowest BCUT2D eigenvalue weighted by Gasteiger charge is -2.17. The summed E-state index contributed by atoms with van der Waals surface area (Å²) in [6.07, 6.45) is 4.77. The minimum absolute atomic E-state index is 0.00918. The van der Waals surface area contributed by atoms with Gasteiger partial charge in [-0.1, -0.05) is 42.1 Å². The normalized spacial score (nSPS) is 18.6. The van der Waals surface area contributed by atoms with Crippen LogP contribution in [0.1, 0.15) is 44.2 Å². The van der Waals surface area contributed by atoms with Crippen LogP contribution >= 0.6 is 23.2 Å². The zero-order chi connectivity index (χ0) is 13.8. The van der Waals surface area contributed by atoms with Gasteiger partial charge in [0.15, 0.2) is 5.96 Å². The van der Waals surface area contributed by atoms with E-state index >= 15 is 0 Å². The Morgan fingerprint density at radius 3 is 2.68 bits per heavy atom. The van der Waals surface area contributed by atoms with Gasteiger partial charge >= 0.3 is 0 Å².